The fraction of sp³-hybridized carbons (Fsp3) is 0.120. The van der Waals surface area contributed by atoms with Crippen molar-refractivity contribution in [3.05, 3.63) is 101 Å². The van der Waals surface area contributed by atoms with E-state index < -0.39 is 23.0 Å². The van der Waals surface area contributed by atoms with E-state index in [1.165, 1.54) is 6.07 Å². The fourth-order valence-electron chi connectivity index (χ4n) is 3.43. The largest absolute Gasteiger partial charge is 0.356 e. The summed E-state index contributed by atoms with van der Waals surface area (Å²) in [6.45, 7) is 3.89. The molecule has 0 spiro atoms. The standard InChI is InChI=1S/C25H19F2NO2/c1-15-6-9-19(24-12-16(2)28-30-24)14-20(15)18-10-7-17(8-11-18)13-23(29)25-21(26)4-3-5-22(25)27/h3-12,14H,13H2,1-2H3. The van der Waals surface area contributed by atoms with Gasteiger partial charge in [0.05, 0.1) is 11.3 Å². The summed E-state index contributed by atoms with van der Waals surface area (Å²) >= 11 is 0. The first kappa shape index (κ1) is 19.7. The monoisotopic (exact) mass is 403 g/mol. The molecule has 0 saturated heterocycles. The predicted molar refractivity (Wildman–Crippen MR) is 111 cm³/mol. The number of aromatic nitrogens is 1. The van der Waals surface area contributed by atoms with Crippen LogP contribution in [0.2, 0.25) is 0 Å². The SMILES string of the molecule is Cc1cc(-c2ccc(C)c(-c3ccc(CC(=O)c4c(F)cccc4F)cc3)c2)on1. The van der Waals surface area contributed by atoms with E-state index in [9.17, 15) is 13.6 Å². The quantitative estimate of drug-likeness (QED) is 0.366. The summed E-state index contributed by atoms with van der Waals surface area (Å²) < 4.78 is 33.0. The average molecular weight is 403 g/mol. The number of carbonyl (C=O) groups is 1. The fourth-order valence-corrected chi connectivity index (χ4v) is 3.43. The van der Waals surface area contributed by atoms with Crippen LogP contribution >= 0.6 is 0 Å². The van der Waals surface area contributed by atoms with Crippen LogP contribution in [0.15, 0.2) is 71.3 Å². The zero-order chi connectivity index (χ0) is 21.3. The maximum absolute atomic E-state index is 13.8. The Labute approximate surface area is 173 Å². The van der Waals surface area contributed by atoms with Crippen molar-refractivity contribution in [2.75, 3.05) is 0 Å². The molecule has 0 radical (unpaired) electrons. The molecule has 0 aliphatic carbocycles. The van der Waals surface area contributed by atoms with Gasteiger partial charge >= 0.3 is 0 Å². The van der Waals surface area contributed by atoms with Crippen LogP contribution < -0.4 is 0 Å². The number of aryl methyl sites for hydroxylation is 2. The average Bonchev–Trinajstić information content (AvgIpc) is 3.15. The summed E-state index contributed by atoms with van der Waals surface area (Å²) in [5.74, 6) is -1.57. The lowest BCUT2D eigenvalue weighted by Crippen LogP contribution is -2.09. The van der Waals surface area contributed by atoms with E-state index in [0.29, 0.717) is 11.3 Å². The Balaban J connectivity index is 1.59. The summed E-state index contributed by atoms with van der Waals surface area (Å²) in [6.07, 6.45) is -0.0749. The first-order chi connectivity index (χ1) is 14.4. The second kappa shape index (κ2) is 8.03. The maximum Gasteiger partial charge on any atom is 0.173 e. The molecule has 1 aromatic heterocycles. The van der Waals surface area contributed by atoms with E-state index in [4.69, 9.17) is 4.52 Å². The van der Waals surface area contributed by atoms with Crippen molar-refractivity contribution in [2.45, 2.75) is 20.3 Å². The number of hydrogen-bond acceptors (Lipinski definition) is 3. The summed E-state index contributed by atoms with van der Waals surface area (Å²) in [5.41, 5.74) is 5.02. The molecule has 0 N–H and O–H groups in total. The molecule has 30 heavy (non-hydrogen) atoms. The predicted octanol–water partition coefficient (Wildman–Crippen LogP) is 6.33. The maximum atomic E-state index is 13.8. The van der Waals surface area contributed by atoms with Crippen LogP contribution in [-0.2, 0) is 6.42 Å². The van der Waals surface area contributed by atoms with Gasteiger partial charge in [-0.05, 0) is 54.3 Å². The van der Waals surface area contributed by atoms with Crippen LogP contribution in [0, 0.1) is 25.5 Å². The van der Waals surface area contributed by atoms with Gasteiger partial charge < -0.3 is 4.52 Å². The number of carbonyl (C=O) groups excluding carboxylic acids is 1. The van der Waals surface area contributed by atoms with E-state index in [1.807, 2.05) is 50.2 Å². The second-order valence-corrected chi connectivity index (χ2v) is 7.26. The minimum atomic E-state index is -0.841. The Morgan fingerprint density at radius 1 is 0.900 bits per heavy atom. The van der Waals surface area contributed by atoms with Crippen molar-refractivity contribution in [3.8, 4) is 22.5 Å². The molecule has 3 aromatic carbocycles. The second-order valence-electron chi connectivity index (χ2n) is 7.26. The summed E-state index contributed by atoms with van der Waals surface area (Å²) in [5, 5.41) is 3.93. The van der Waals surface area contributed by atoms with Gasteiger partial charge in [-0.3, -0.25) is 4.79 Å². The molecule has 0 atom stereocenters. The molecule has 0 unspecified atom stereocenters. The number of benzene rings is 3. The van der Waals surface area contributed by atoms with Crippen molar-refractivity contribution in [3.63, 3.8) is 0 Å². The van der Waals surface area contributed by atoms with Gasteiger partial charge in [-0.25, -0.2) is 8.78 Å². The van der Waals surface area contributed by atoms with Gasteiger partial charge in [-0.2, -0.15) is 0 Å². The van der Waals surface area contributed by atoms with Crippen LogP contribution in [-0.4, -0.2) is 10.9 Å². The van der Waals surface area contributed by atoms with Crippen molar-refractivity contribution in [1.29, 1.82) is 0 Å². The highest BCUT2D eigenvalue weighted by atomic mass is 19.1. The lowest BCUT2D eigenvalue weighted by atomic mass is 9.95. The van der Waals surface area contributed by atoms with Crippen LogP contribution in [0.25, 0.3) is 22.5 Å². The van der Waals surface area contributed by atoms with E-state index >= 15 is 0 Å². The third kappa shape index (κ3) is 3.92. The third-order valence-electron chi connectivity index (χ3n) is 5.02. The molecule has 4 aromatic rings. The number of ketones is 1. The Bertz CT molecular complexity index is 1210. The summed E-state index contributed by atoms with van der Waals surface area (Å²) in [4.78, 5) is 12.4. The van der Waals surface area contributed by atoms with Crippen LogP contribution in [0.1, 0.15) is 27.2 Å². The van der Waals surface area contributed by atoms with Crippen LogP contribution in [0.5, 0.6) is 0 Å². The number of hydrogen-bond donors (Lipinski definition) is 0. The minimum Gasteiger partial charge on any atom is -0.356 e. The van der Waals surface area contributed by atoms with Crippen molar-refractivity contribution in [1.82, 2.24) is 5.16 Å². The Hall–Kier alpha value is -3.60. The highest BCUT2D eigenvalue weighted by Gasteiger charge is 2.17. The minimum absolute atomic E-state index is 0.0749. The van der Waals surface area contributed by atoms with Gasteiger partial charge in [0.2, 0.25) is 0 Å². The number of halogens is 2. The number of Topliss-reactive ketones (excluding diaryl/α,β-unsaturated/α-hetero) is 1. The molecule has 0 saturated carbocycles. The molecule has 150 valence electrons. The molecule has 0 bridgehead atoms. The highest BCUT2D eigenvalue weighted by molar-refractivity contribution is 5.98. The van der Waals surface area contributed by atoms with Gasteiger partial charge in [-0.1, -0.05) is 47.6 Å². The van der Waals surface area contributed by atoms with Crippen molar-refractivity contribution >= 4 is 5.78 Å². The molecule has 3 nitrogen and oxygen atoms in total. The van der Waals surface area contributed by atoms with E-state index in [-0.39, 0.29) is 6.42 Å². The molecular weight excluding hydrogens is 384 g/mol. The highest BCUT2D eigenvalue weighted by Crippen LogP contribution is 2.30. The molecule has 5 heteroatoms. The normalized spacial score (nSPS) is 10.9. The molecular formula is C25H19F2NO2. The molecule has 0 aliphatic heterocycles. The lowest BCUT2D eigenvalue weighted by Gasteiger charge is -2.09. The summed E-state index contributed by atoms with van der Waals surface area (Å²) in [7, 11) is 0. The van der Waals surface area contributed by atoms with Gasteiger partial charge in [0.1, 0.15) is 11.6 Å². The van der Waals surface area contributed by atoms with E-state index in [0.717, 1.165) is 40.1 Å². The Kier molecular flexibility index (Phi) is 5.27. The number of nitrogens with zero attached hydrogens (tertiary/aromatic N) is 1. The smallest absolute Gasteiger partial charge is 0.173 e. The lowest BCUT2D eigenvalue weighted by molar-refractivity contribution is 0.0985. The van der Waals surface area contributed by atoms with Crippen LogP contribution in [0.3, 0.4) is 0 Å². The molecule has 0 fully saturated rings. The molecule has 1 heterocycles. The number of rotatable bonds is 5. The Morgan fingerprint density at radius 3 is 2.20 bits per heavy atom. The topological polar surface area (TPSA) is 43.1 Å². The van der Waals surface area contributed by atoms with E-state index in [1.54, 1.807) is 12.1 Å². The van der Waals surface area contributed by atoms with Crippen molar-refractivity contribution in [2.24, 2.45) is 0 Å². The molecule has 4 rings (SSSR count). The van der Waals surface area contributed by atoms with Gasteiger partial charge in [0.15, 0.2) is 11.5 Å². The van der Waals surface area contributed by atoms with E-state index in [2.05, 4.69) is 5.16 Å². The van der Waals surface area contributed by atoms with Gasteiger partial charge in [0, 0.05) is 18.1 Å². The Morgan fingerprint density at radius 2 is 1.57 bits per heavy atom. The molecule has 0 aliphatic rings. The third-order valence-corrected chi connectivity index (χ3v) is 5.02. The zero-order valence-corrected chi connectivity index (χ0v) is 16.6. The van der Waals surface area contributed by atoms with Gasteiger partial charge in [0.25, 0.3) is 0 Å². The molecule has 0 amide bonds. The van der Waals surface area contributed by atoms with Crippen LogP contribution in [0.4, 0.5) is 8.78 Å². The zero-order valence-electron chi connectivity index (χ0n) is 16.6. The van der Waals surface area contributed by atoms with Gasteiger partial charge in [-0.15, -0.1) is 0 Å². The summed E-state index contributed by atoms with van der Waals surface area (Å²) in [6, 6.07) is 18.7. The first-order valence-electron chi connectivity index (χ1n) is 9.53. The van der Waals surface area contributed by atoms with Crippen molar-refractivity contribution < 1.29 is 18.1 Å². The first-order valence-corrected chi connectivity index (χ1v) is 9.53.